The molecule has 43 heavy (non-hydrogen) atoms. The Labute approximate surface area is 249 Å². The number of fused-ring (bicyclic) bond motifs is 4. The molecule has 2 unspecified atom stereocenters. The Bertz CT molecular complexity index is 1660. The van der Waals surface area contributed by atoms with Crippen LogP contribution in [0.5, 0.6) is 0 Å². The van der Waals surface area contributed by atoms with E-state index in [1.807, 2.05) is 0 Å². The predicted octanol–water partition coefficient (Wildman–Crippen LogP) is 6.77. The molecule has 2 bridgehead atoms. The molecule has 5 rings (SSSR count). The van der Waals surface area contributed by atoms with Crippen LogP contribution in [0.3, 0.4) is 0 Å². The topological polar surface area (TPSA) is 105 Å². The Morgan fingerprint density at radius 3 is 2.58 bits per heavy atom. The first-order valence-corrected chi connectivity index (χ1v) is 14.0. The number of rotatable bonds is 3. The zero-order valence-corrected chi connectivity index (χ0v) is 23.7. The van der Waals surface area contributed by atoms with Gasteiger partial charge in [-0.05, 0) is 66.8 Å². The third kappa shape index (κ3) is 6.13. The summed E-state index contributed by atoms with van der Waals surface area (Å²) in [7, 11) is 0. The second-order valence-electron chi connectivity index (χ2n) is 10.7. The van der Waals surface area contributed by atoms with Gasteiger partial charge in [-0.1, -0.05) is 31.0 Å². The van der Waals surface area contributed by atoms with Gasteiger partial charge in [-0.15, -0.1) is 0 Å². The number of nitrogens with two attached hydrogens (primary N) is 1. The zero-order chi connectivity index (χ0) is 31.1. The van der Waals surface area contributed by atoms with Gasteiger partial charge in [0.1, 0.15) is 5.82 Å². The molecule has 0 saturated heterocycles. The van der Waals surface area contributed by atoms with Crippen LogP contribution < -0.4 is 11.1 Å². The largest absolute Gasteiger partial charge is 0.417 e. The normalized spacial score (nSPS) is 19.5. The number of halogens is 5. The number of carbonyl (C=O) groups is 3. The number of aromatic nitrogens is 1. The Balaban J connectivity index is 1.55. The third-order valence-electron chi connectivity index (χ3n) is 7.86. The highest BCUT2D eigenvalue weighted by Gasteiger charge is 2.38. The fraction of sp³-hybridized carbons (Fsp3) is 0.290. The molecule has 3 amide bonds. The lowest BCUT2D eigenvalue weighted by molar-refractivity contribution is -0.138. The first kappa shape index (κ1) is 30.2. The van der Waals surface area contributed by atoms with E-state index >= 15 is 0 Å². The van der Waals surface area contributed by atoms with Gasteiger partial charge in [-0.25, -0.2) is 4.39 Å². The van der Waals surface area contributed by atoms with E-state index in [-0.39, 0.29) is 30.0 Å². The van der Waals surface area contributed by atoms with E-state index in [2.05, 4.69) is 10.3 Å². The minimum atomic E-state index is -4.85. The predicted molar refractivity (Wildman–Crippen MR) is 153 cm³/mol. The third-order valence-corrected chi connectivity index (χ3v) is 8.15. The Kier molecular flexibility index (Phi) is 8.29. The van der Waals surface area contributed by atoms with E-state index in [4.69, 9.17) is 17.3 Å². The van der Waals surface area contributed by atoms with Gasteiger partial charge in [0.15, 0.2) is 0 Å². The number of hydrogen-bond donors (Lipinski definition) is 2. The van der Waals surface area contributed by atoms with Gasteiger partial charge in [0.25, 0.3) is 0 Å². The average molecular weight is 615 g/mol. The Morgan fingerprint density at radius 1 is 1.12 bits per heavy atom. The van der Waals surface area contributed by atoms with E-state index < -0.39 is 51.9 Å². The van der Waals surface area contributed by atoms with Crippen molar-refractivity contribution in [2.75, 3.05) is 11.9 Å². The van der Waals surface area contributed by atoms with Gasteiger partial charge in [-0.2, -0.15) is 13.2 Å². The van der Waals surface area contributed by atoms with Gasteiger partial charge in [0.2, 0.25) is 17.7 Å². The van der Waals surface area contributed by atoms with Crippen LogP contribution in [0.25, 0.3) is 16.7 Å². The molecule has 3 heterocycles. The molecule has 224 valence electrons. The van der Waals surface area contributed by atoms with Crippen molar-refractivity contribution in [2.24, 2.45) is 11.7 Å². The van der Waals surface area contributed by atoms with Crippen molar-refractivity contribution in [2.45, 2.75) is 44.8 Å². The minimum absolute atomic E-state index is 0.0130. The quantitative estimate of drug-likeness (QED) is 0.318. The van der Waals surface area contributed by atoms with Crippen LogP contribution in [0.15, 0.2) is 54.7 Å². The molecule has 0 aliphatic carbocycles. The summed E-state index contributed by atoms with van der Waals surface area (Å²) in [5, 5.41) is 2.43. The van der Waals surface area contributed by atoms with E-state index in [1.54, 1.807) is 37.4 Å². The maximum Gasteiger partial charge on any atom is 0.417 e. The zero-order valence-electron chi connectivity index (χ0n) is 23.0. The van der Waals surface area contributed by atoms with E-state index in [0.717, 1.165) is 12.1 Å². The highest BCUT2D eigenvalue weighted by molar-refractivity contribution is 6.31. The van der Waals surface area contributed by atoms with E-state index in [0.29, 0.717) is 47.8 Å². The number of hydrogen-bond acceptors (Lipinski definition) is 4. The van der Waals surface area contributed by atoms with Crippen molar-refractivity contribution >= 4 is 40.6 Å². The molecule has 12 heteroatoms. The summed E-state index contributed by atoms with van der Waals surface area (Å²) in [5.41, 5.74) is 5.87. The van der Waals surface area contributed by atoms with Gasteiger partial charge in [0, 0.05) is 47.1 Å². The number of anilines is 1. The summed E-state index contributed by atoms with van der Waals surface area (Å²) in [5.74, 6) is -3.13. The number of primary amides is 1. The molecule has 2 atom stereocenters. The average Bonchev–Trinajstić information content (AvgIpc) is 2.95. The number of nitrogens with zero attached hydrogens (tertiary/aromatic N) is 2. The molecule has 7 nitrogen and oxygen atoms in total. The van der Waals surface area contributed by atoms with Crippen LogP contribution >= 0.6 is 11.6 Å². The highest BCUT2D eigenvalue weighted by atomic mass is 35.5. The van der Waals surface area contributed by atoms with Gasteiger partial charge in [-0.3, -0.25) is 19.4 Å². The molecule has 0 fully saturated rings. The van der Waals surface area contributed by atoms with Crippen LogP contribution in [-0.4, -0.2) is 34.2 Å². The standard InChI is InChI=1S/C31H27ClF4N4O3/c1-16-3-2-4-25(24-13-17(9-11-38-24)20-6-5-19(29(37)42)14-23(20)39-30(16)43)40-12-10-18(15-26(40)41)27-21(31(34,35)36)7-8-22(32)28(27)33/h5-9,11,13-16,25H,2-4,10,12H2,1H3,(H2,37,42)(H,39,43). The highest BCUT2D eigenvalue weighted by Crippen LogP contribution is 2.42. The maximum atomic E-state index is 14.9. The van der Waals surface area contributed by atoms with Gasteiger partial charge < -0.3 is 16.0 Å². The molecule has 1 aromatic heterocycles. The van der Waals surface area contributed by atoms with Crippen LogP contribution in [0.1, 0.15) is 65.8 Å². The molecule has 0 spiro atoms. The molecular weight excluding hydrogens is 588 g/mol. The number of carbonyl (C=O) groups excluding carboxylic acids is 3. The lowest BCUT2D eigenvalue weighted by Gasteiger charge is -2.35. The first-order chi connectivity index (χ1) is 20.3. The lowest BCUT2D eigenvalue weighted by atomic mass is 9.91. The fourth-order valence-electron chi connectivity index (χ4n) is 5.58. The Morgan fingerprint density at radius 2 is 1.88 bits per heavy atom. The van der Waals surface area contributed by atoms with Gasteiger partial charge in [0.05, 0.1) is 22.3 Å². The van der Waals surface area contributed by atoms with E-state index in [9.17, 15) is 31.9 Å². The molecule has 2 aliphatic heterocycles. The SMILES string of the molecule is CC1CCCC(N2CCC(c3c(C(F)(F)F)ccc(Cl)c3F)=CC2=O)c2cc(ccn2)-c2ccc(C(N)=O)cc2NC1=O. The number of benzene rings is 2. The molecule has 0 saturated carbocycles. The van der Waals surface area contributed by atoms with Gasteiger partial charge >= 0.3 is 6.18 Å². The molecular formula is C31H27ClF4N4O3. The van der Waals surface area contributed by atoms with Crippen molar-refractivity contribution in [1.82, 2.24) is 9.88 Å². The summed E-state index contributed by atoms with van der Waals surface area (Å²) in [4.78, 5) is 44.4. The summed E-state index contributed by atoms with van der Waals surface area (Å²) in [6.07, 6.45) is -0.872. The molecule has 3 N–H and O–H groups in total. The van der Waals surface area contributed by atoms with Crippen LogP contribution in [0, 0.1) is 11.7 Å². The summed E-state index contributed by atoms with van der Waals surface area (Å²) in [6.45, 7) is 1.78. The number of amides is 3. The summed E-state index contributed by atoms with van der Waals surface area (Å²) >= 11 is 5.82. The number of pyridine rings is 1. The molecule has 2 aromatic carbocycles. The van der Waals surface area contributed by atoms with Crippen LogP contribution in [0.2, 0.25) is 5.02 Å². The second kappa shape index (κ2) is 11.8. The van der Waals surface area contributed by atoms with Crippen molar-refractivity contribution in [3.63, 3.8) is 0 Å². The van der Waals surface area contributed by atoms with Crippen molar-refractivity contribution in [3.05, 3.63) is 88.0 Å². The van der Waals surface area contributed by atoms with E-state index in [1.165, 1.54) is 11.0 Å². The summed E-state index contributed by atoms with van der Waals surface area (Å²) < 4.78 is 56.2. The minimum Gasteiger partial charge on any atom is -0.366 e. The monoisotopic (exact) mass is 614 g/mol. The smallest absolute Gasteiger partial charge is 0.366 e. The van der Waals surface area contributed by atoms with Crippen LogP contribution in [-0.2, 0) is 15.8 Å². The van der Waals surface area contributed by atoms with Crippen molar-refractivity contribution in [1.29, 1.82) is 0 Å². The summed E-state index contributed by atoms with van der Waals surface area (Å²) in [6, 6.07) is 9.21. The van der Waals surface area contributed by atoms with Crippen molar-refractivity contribution in [3.8, 4) is 11.1 Å². The number of alkyl halides is 3. The second-order valence-corrected chi connectivity index (χ2v) is 11.1. The maximum absolute atomic E-state index is 14.9. The first-order valence-electron chi connectivity index (χ1n) is 13.6. The van der Waals surface area contributed by atoms with Crippen LogP contribution in [0.4, 0.5) is 23.2 Å². The molecule has 0 radical (unpaired) electrons. The fourth-order valence-corrected chi connectivity index (χ4v) is 5.74. The molecule has 3 aromatic rings. The number of nitrogens with one attached hydrogen (secondary N) is 1. The van der Waals surface area contributed by atoms with Crippen molar-refractivity contribution < 1.29 is 31.9 Å². The lowest BCUT2D eigenvalue weighted by Crippen LogP contribution is -2.38. The molecule has 2 aliphatic rings. The Hall–Kier alpha value is -4.25.